The summed E-state index contributed by atoms with van der Waals surface area (Å²) in [6.07, 6.45) is 3.78. The van der Waals surface area contributed by atoms with E-state index in [0.29, 0.717) is 18.0 Å². The maximum absolute atomic E-state index is 3.64. The minimum Gasteiger partial charge on any atom is -0.313 e. The van der Waals surface area contributed by atoms with Crippen molar-refractivity contribution in [3.8, 4) is 0 Å². The van der Waals surface area contributed by atoms with Crippen molar-refractivity contribution in [2.24, 2.45) is 5.92 Å². The number of aryl methyl sites for hydroxylation is 1. The summed E-state index contributed by atoms with van der Waals surface area (Å²) in [5.41, 5.74) is 2.88. The quantitative estimate of drug-likeness (QED) is 0.815. The molecule has 0 aromatic heterocycles. The molecule has 1 aromatic rings. The van der Waals surface area contributed by atoms with Gasteiger partial charge in [-0.15, -0.1) is 0 Å². The van der Waals surface area contributed by atoms with Crippen molar-refractivity contribution in [3.05, 3.63) is 35.4 Å². The van der Waals surface area contributed by atoms with Gasteiger partial charge >= 0.3 is 0 Å². The lowest BCUT2D eigenvalue weighted by Crippen LogP contribution is -2.40. The summed E-state index contributed by atoms with van der Waals surface area (Å²) in [6, 6.07) is 10.4. The third kappa shape index (κ3) is 4.82. The van der Waals surface area contributed by atoms with Gasteiger partial charge in [0.25, 0.3) is 0 Å². The molecule has 0 amide bonds. The van der Waals surface area contributed by atoms with Gasteiger partial charge < -0.3 is 5.32 Å². The lowest BCUT2D eigenvalue weighted by molar-refractivity contribution is 0.171. The van der Waals surface area contributed by atoms with Crippen molar-refractivity contribution in [2.45, 2.75) is 59.0 Å². The summed E-state index contributed by atoms with van der Waals surface area (Å²) in [5.74, 6) is 0.712. The number of nitrogens with zero attached hydrogens (tertiary/aromatic N) is 1. The molecule has 1 aliphatic rings. The second-order valence-corrected chi connectivity index (χ2v) is 6.91. The Labute approximate surface area is 130 Å². The largest absolute Gasteiger partial charge is 0.313 e. The van der Waals surface area contributed by atoms with E-state index in [0.717, 1.165) is 6.42 Å². The Morgan fingerprint density at radius 2 is 1.90 bits per heavy atom. The smallest absolute Gasteiger partial charge is 0.0320 e. The van der Waals surface area contributed by atoms with Crippen molar-refractivity contribution in [1.29, 1.82) is 0 Å². The molecule has 0 saturated carbocycles. The van der Waals surface area contributed by atoms with Gasteiger partial charge in [0.1, 0.15) is 0 Å². The van der Waals surface area contributed by atoms with E-state index < -0.39 is 0 Å². The Bertz CT molecular complexity index is 404. The molecule has 0 bridgehead atoms. The monoisotopic (exact) mass is 288 g/mol. The molecule has 2 heteroatoms. The highest BCUT2D eigenvalue weighted by atomic mass is 15.2. The molecule has 21 heavy (non-hydrogen) atoms. The van der Waals surface area contributed by atoms with Crippen LogP contribution in [0.2, 0.25) is 0 Å². The zero-order valence-corrected chi connectivity index (χ0v) is 14.2. The predicted octanol–water partition coefficient (Wildman–Crippen LogP) is 4.02. The average Bonchev–Trinajstić information content (AvgIpc) is 2.98. The second kappa shape index (κ2) is 7.95. The van der Waals surface area contributed by atoms with Crippen LogP contribution in [0.15, 0.2) is 24.3 Å². The minimum atomic E-state index is 0.501. The predicted molar refractivity (Wildman–Crippen MR) is 91.7 cm³/mol. The minimum absolute atomic E-state index is 0.501. The highest BCUT2D eigenvalue weighted by Crippen LogP contribution is 2.23. The molecule has 118 valence electrons. The Hall–Kier alpha value is -0.860. The molecule has 0 radical (unpaired) electrons. The summed E-state index contributed by atoms with van der Waals surface area (Å²) in [4.78, 5) is 2.66. The van der Waals surface area contributed by atoms with Crippen LogP contribution in [0, 0.1) is 5.92 Å². The van der Waals surface area contributed by atoms with Crippen molar-refractivity contribution < 1.29 is 0 Å². The number of rotatable bonds is 7. The zero-order chi connectivity index (χ0) is 15.2. The molecular weight excluding hydrogens is 256 g/mol. The van der Waals surface area contributed by atoms with Gasteiger partial charge in [0, 0.05) is 25.2 Å². The van der Waals surface area contributed by atoms with E-state index in [-0.39, 0.29) is 0 Å². The first-order chi connectivity index (χ1) is 10.1. The van der Waals surface area contributed by atoms with Gasteiger partial charge in [0.2, 0.25) is 0 Å². The number of hydrogen-bond acceptors (Lipinski definition) is 2. The molecule has 2 rings (SSSR count). The normalized spacial score (nSPS) is 20.4. The fourth-order valence-electron chi connectivity index (χ4n) is 3.30. The van der Waals surface area contributed by atoms with Gasteiger partial charge in [-0.2, -0.15) is 0 Å². The molecule has 1 fully saturated rings. The van der Waals surface area contributed by atoms with Gasteiger partial charge in [0.15, 0.2) is 0 Å². The van der Waals surface area contributed by atoms with Crippen LogP contribution < -0.4 is 5.32 Å². The molecule has 0 aliphatic carbocycles. The van der Waals surface area contributed by atoms with E-state index in [1.807, 2.05) is 0 Å². The summed E-state index contributed by atoms with van der Waals surface area (Å²) in [6.45, 7) is 12.8. The first-order valence-corrected chi connectivity index (χ1v) is 8.66. The lowest BCUT2D eigenvalue weighted by Gasteiger charge is -2.33. The molecule has 1 aromatic carbocycles. The van der Waals surface area contributed by atoms with Crippen LogP contribution in [0.5, 0.6) is 0 Å². The number of benzene rings is 1. The van der Waals surface area contributed by atoms with Gasteiger partial charge in [-0.25, -0.2) is 0 Å². The number of hydrogen-bond donors (Lipinski definition) is 1. The molecule has 2 unspecified atom stereocenters. The van der Waals surface area contributed by atoms with Crippen LogP contribution in [-0.2, 0) is 6.42 Å². The SMILES string of the molecule is CCc1ccc(C(C)N(CC(C)C)CC2CCCN2)cc1. The fourth-order valence-corrected chi connectivity index (χ4v) is 3.30. The molecule has 2 atom stereocenters. The van der Waals surface area contributed by atoms with E-state index in [9.17, 15) is 0 Å². The van der Waals surface area contributed by atoms with Gasteiger partial charge in [-0.1, -0.05) is 45.0 Å². The topological polar surface area (TPSA) is 15.3 Å². The summed E-state index contributed by atoms with van der Waals surface area (Å²) in [7, 11) is 0. The summed E-state index contributed by atoms with van der Waals surface area (Å²) < 4.78 is 0. The van der Waals surface area contributed by atoms with Crippen LogP contribution in [-0.4, -0.2) is 30.6 Å². The number of nitrogens with one attached hydrogen (secondary N) is 1. The third-order valence-corrected chi connectivity index (χ3v) is 4.64. The van der Waals surface area contributed by atoms with Crippen molar-refractivity contribution in [1.82, 2.24) is 10.2 Å². The third-order valence-electron chi connectivity index (χ3n) is 4.64. The van der Waals surface area contributed by atoms with Crippen molar-refractivity contribution >= 4 is 0 Å². The van der Waals surface area contributed by atoms with Gasteiger partial charge in [0.05, 0.1) is 0 Å². The Morgan fingerprint density at radius 1 is 1.19 bits per heavy atom. The van der Waals surface area contributed by atoms with Crippen molar-refractivity contribution in [3.63, 3.8) is 0 Å². The average molecular weight is 288 g/mol. The van der Waals surface area contributed by atoms with E-state index in [1.54, 1.807) is 0 Å². The molecule has 1 N–H and O–H groups in total. The van der Waals surface area contributed by atoms with E-state index in [1.165, 1.54) is 43.6 Å². The van der Waals surface area contributed by atoms with Crippen LogP contribution >= 0.6 is 0 Å². The summed E-state index contributed by atoms with van der Waals surface area (Å²) in [5, 5.41) is 3.64. The fraction of sp³-hybridized carbons (Fsp3) is 0.684. The first kappa shape index (κ1) is 16.5. The lowest BCUT2D eigenvalue weighted by atomic mass is 10.0. The molecule has 2 nitrogen and oxygen atoms in total. The highest BCUT2D eigenvalue weighted by Gasteiger charge is 2.22. The molecular formula is C19H32N2. The molecule has 1 saturated heterocycles. The van der Waals surface area contributed by atoms with Crippen molar-refractivity contribution in [2.75, 3.05) is 19.6 Å². The second-order valence-electron chi connectivity index (χ2n) is 6.91. The molecule has 0 spiro atoms. The van der Waals surface area contributed by atoms with Crippen LogP contribution in [0.4, 0.5) is 0 Å². The van der Waals surface area contributed by atoms with Crippen LogP contribution in [0.25, 0.3) is 0 Å². The maximum Gasteiger partial charge on any atom is 0.0320 e. The Morgan fingerprint density at radius 3 is 2.43 bits per heavy atom. The van der Waals surface area contributed by atoms with E-state index in [2.05, 4.69) is 62.2 Å². The highest BCUT2D eigenvalue weighted by molar-refractivity contribution is 5.24. The Kier molecular flexibility index (Phi) is 6.25. The van der Waals surface area contributed by atoms with Crippen LogP contribution in [0.3, 0.4) is 0 Å². The molecule has 1 heterocycles. The van der Waals surface area contributed by atoms with E-state index in [4.69, 9.17) is 0 Å². The standard InChI is InChI=1S/C19H32N2/c1-5-17-8-10-18(11-9-17)16(4)21(13-15(2)3)14-19-7-6-12-20-19/h8-11,15-16,19-20H,5-7,12-14H2,1-4H3. The summed E-state index contributed by atoms with van der Waals surface area (Å²) >= 11 is 0. The van der Waals surface area contributed by atoms with E-state index >= 15 is 0 Å². The van der Waals surface area contributed by atoms with Gasteiger partial charge in [-0.3, -0.25) is 4.90 Å². The first-order valence-electron chi connectivity index (χ1n) is 8.66. The Balaban J connectivity index is 2.05. The van der Waals surface area contributed by atoms with Gasteiger partial charge in [-0.05, 0) is 49.8 Å². The maximum atomic E-state index is 3.64. The zero-order valence-electron chi connectivity index (χ0n) is 14.2. The van der Waals surface area contributed by atoms with Crippen LogP contribution in [0.1, 0.15) is 57.7 Å². The molecule has 1 aliphatic heterocycles.